The first kappa shape index (κ1) is 18.9. The van der Waals surface area contributed by atoms with E-state index in [-0.39, 0.29) is 44.3 Å². The molecule has 3 heteroatoms. The molecule has 91 valence electrons. The molecule has 1 radical (unpaired) electrons. The summed E-state index contributed by atoms with van der Waals surface area (Å²) in [5.74, 6) is -0.478. The number of carbonyl (C=O) groups is 2. The zero-order valence-corrected chi connectivity index (χ0v) is 13.8. The summed E-state index contributed by atoms with van der Waals surface area (Å²) in [7, 11) is 0. The minimum Gasteiger partial charge on any atom is -0.335 e. The molecule has 0 aliphatic carbocycles. The number of rotatable bonds is 4. The Kier molecular flexibility index (Phi) is 11.9. The number of benzene rings is 1. The van der Waals surface area contributed by atoms with Crippen LogP contribution in [0, 0.1) is 6.42 Å². The second kappa shape index (κ2) is 10.7. The third kappa shape index (κ3) is 7.46. The van der Waals surface area contributed by atoms with Crippen LogP contribution in [0.5, 0.6) is 0 Å². The van der Waals surface area contributed by atoms with E-state index in [2.05, 4.69) is 0 Å². The van der Waals surface area contributed by atoms with Crippen molar-refractivity contribution >= 4 is 11.6 Å². The predicted molar refractivity (Wildman–Crippen MR) is 66.2 cm³/mol. The third-order valence-corrected chi connectivity index (χ3v) is 2.00. The summed E-state index contributed by atoms with van der Waals surface area (Å²) in [5.41, 5.74) is 0.871. The molecule has 0 aromatic heterocycles. The molecule has 1 aromatic carbocycles. The van der Waals surface area contributed by atoms with Gasteiger partial charge in [-0.2, -0.15) is 0 Å². The van der Waals surface area contributed by atoms with Gasteiger partial charge in [-0.15, -0.1) is 0 Å². The van der Waals surface area contributed by atoms with E-state index in [9.17, 15) is 9.59 Å². The van der Waals surface area contributed by atoms with Gasteiger partial charge in [0, 0.05) is 32.7 Å². The van der Waals surface area contributed by atoms with Crippen molar-refractivity contribution in [3.63, 3.8) is 0 Å². The van der Waals surface area contributed by atoms with Crippen molar-refractivity contribution in [3.8, 4) is 0 Å². The molecule has 0 saturated carbocycles. The first-order valence-corrected chi connectivity index (χ1v) is 5.52. The third-order valence-electron chi connectivity index (χ3n) is 2.00. The number of carbonyl (C=O) groups excluding carboxylic acids is 2. The van der Waals surface area contributed by atoms with Gasteiger partial charge in [-0.05, 0) is 19.6 Å². The Morgan fingerprint density at radius 2 is 1.53 bits per heavy atom. The summed E-state index contributed by atoms with van der Waals surface area (Å²) in [4.78, 5) is 22.2. The van der Waals surface area contributed by atoms with Gasteiger partial charge in [0.25, 0.3) is 0 Å². The van der Waals surface area contributed by atoms with E-state index in [1.54, 1.807) is 0 Å². The first-order chi connectivity index (χ1) is 7.61. The maximum Gasteiger partial charge on any atom is 0.110 e. The topological polar surface area (TPSA) is 34.1 Å². The number of Topliss-reactive ketones (excluding diaryl/α,β-unsaturated/α-hetero) is 2. The molecule has 0 spiro atoms. The smallest absolute Gasteiger partial charge is 0.110 e. The Morgan fingerprint density at radius 3 is 1.88 bits per heavy atom. The molecule has 17 heavy (non-hydrogen) atoms. The predicted octanol–water partition coefficient (Wildman–Crippen LogP) is 3.18. The minimum absolute atomic E-state index is 0. The van der Waals surface area contributed by atoms with Gasteiger partial charge >= 0.3 is 0 Å². The Bertz CT molecular complexity index is 333. The molecule has 0 heterocycles. The molecular formula is C14H19O2Y-. The van der Waals surface area contributed by atoms with Crippen LogP contribution in [-0.2, 0) is 42.3 Å². The van der Waals surface area contributed by atoms with Gasteiger partial charge in [-0.3, -0.25) is 0 Å². The van der Waals surface area contributed by atoms with Gasteiger partial charge in [0.05, 0.1) is 0 Å². The monoisotopic (exact) mass is 308 g/mol. The van der Waals surface area contributed by atoms with Crippen LogP contribution in [0.4, 0.5) is 0 Å². The fourth-order valence-corrected chi connectivity index (χ4v) is 1.34. The van der Waals surface area contributed by atoms with Crippen molar-refractivity contribution < 1.29 is 42.3 Å². The van der Waals surface area contributed by atoms with Gasteiger partial charge in [0.2, 0.25) is 0 Å². The SMILES string of the molecule is CC.CC(=O)[CH-]C(C(C)=O)c1ccccc1.[Y]. The Morgan fingerprint density at radius 1 is 1.06 bits per heavy atom. The molecule has 0 aliphatic heterocycles. The summed E-state index contributed by atoms with van der Waals surface area (Å²) in [6, 6.07) is 9.31. The van der Waals surface area contributed by atoms with Gasteiger partial charge in [0.1, 0.15) is 5.78 Å². The standard InChI is InChI=1S/C12H13O2.C2H6.Y/c1-9(13)8-12(10(2)14)11-6-4-3-5-7-11;1-2;/h3-8,12H,1-2H3;1-2H3;/q-1;;. The van der Waals surface area contributed by atoms with Crippen LogP contribution in [-0.4, -0.2) is 11.6 Å². The van der Waals surface area contributed by atoms with E-state index in [4.69, 9.17) is 0 Å². The Balaban J connectivity index is 0. The van der Waals surface area contributed by atoms with E-state index in [0.717, 1.165) is 5.56 Å². The molecule has 0 saturated heterocycles. The van der Waals surface area contributed by atoms with Gasteiger partial charge in [0.15, 0.2) is 0 Å². The zero-order chi connectivity index (χ0) is 12.6. The second-order valence-corrected chi connectivity index (χ2v) is 3.28. The summed E-state index contributed by atoms with van der Waals surface area (Å²) >= 11 is 0. The summed E-state index contributed by atoms with van der Waals surface area (Å²) < 4.78 is 0. The van der Waals surface area contributed by atoms with E-state index < -0.39 is 5.92 Å². The Labute approximate surface area is 129 Å². The quantitative estimate of drug-likeness (QED) is 0.801. The fraction of sp³-hybridized carbons (Fsp3) is 0.357. The van der Waals surface area contributed by atoms with Crippen LogP contribution >= 0.6 is 0 Å². The van der Waals surface area contributed by atoms with Crippen molar-refractivity contribution in [2.75, 3.05) is 0 Å². The summed E-state index contributed by atoms with van der Waals surface area (Å²) in [6.45, 7) is 6.95. The zero-order valence-electron chi connectivity index (χ0n) is 10.9. The van der Waals surface area contributed by atoms with Gasteiger partial charge < -0.3 is 16.0 Å². The van der Waals surface area contributed by atoms with Crippen LogP contribution in [0.15, 0.2) is 30.3 Å². The summed E-state index contributed by atoms with van der Waals surface area (Å²) in [5, 5.41) is 0. The molecule has 0 bridgehead atoms. The van der Waals surface area contributed by atoms with Crippen molar-refractivity contribution in [2.24, 2.45) is 0 Å². The summed E-state index contributed by atoms with van der Waals surface area (Å²) in [6.07, 6.45) is 1.46. The number of ketones is 2. The maximum atomic E-state index is 11.3. The number of hydrogen-bond acceptors (Lipinski definition) is 2. The molecule has 0 aliphatic rings. The molecule has 0 amide bonds. The van der Waals surface area contributed by atoms with Crippen molar-refractivity contribution in [3.05, 3.63) is 42.3 Å². The van der Waals surface area contributed by atoms with Crippen molar-refractivity contribution in [1.82, 2.24) is 0 Å². The van der Waals surface area contributed by atoms with E-state index in [0.29, 0.717) is 0 Å². The van der Waals surface area contributed by atoms with E-state index in [1.165, 1.54) is 20.3 Å². The van der Waals surface area contributed by atoms with Crippen molar-refractivity contribution in [2.45, 2.75) is 33.6 Å². The fourth-order valence-electron chi connectivity index (χ4n) is 1.34. The van der Waals surface area contributed by atoms with Crippen LogP contribution in [0.2, 0.25) is 0 Å². The van der Waals surface area contributed by atoms with Crippen LogP contribution < -0.4 is 0 Å². The average molecular weight is 308 g/mol. The molecule has 1 rings (SSSR count). The van der Waals surface area contributed by atoms with E-state index >= 15 is 0 Å². The largest absolute Gasteiger partial charge is 0.335 e. The molecular weight excluding hydrogens is 289 g/mol. The van der Waals surface area contributed by atoms with Gasteiger partial charge in [-0.1, -0.05) is 55.7 Å². The van der Waals surface area contributed by atoms with E-state index in [1.807, 2.05) is 44.2 Å². The van der Waals surface area contributed by atoms with Gasteiger partial charge in [-0.25, -0.2) is 0 Å². The minimum atomic E-state index is -0.395. The molecule has 0 fully saturated rings. The molecule has 0 N–H and O–H groups in total. The molecule has 1 unspecified atom stereocenters. The van der Waals surface area contributed by atoms with Crippen LogP contribution in [0.25, 0.3) is 0 Å². The molecule has 1 aromatic rings. The number of hydrogen-bond donors (Lipinski definition) is 0. The average Bonchev–Trinajstić information content (AvgIpc) is 2.29. The maximum absolute atomic E-state index is 11.3. The van der Waals surface area contributed by atoms with Crippen LogP contribution in [0.3, 0.4) is 0 Å². The normalized spacial score (nSPS) is 10.1. The Hall–Kier alpha value is -0.466. The van der Waals surface area contributed by atoms with Crippen molar-refractivity contribution in [1.29, 1.82) is 0 Å². The molecule has 1 atom stereocenters. The van der Waals surface area contributed by atoms with Crippen LogP contribution in [0.1, 0.15) is 39.2 Å². The molecule has 2 nitrogen and oxygen atoms in total. The first-order valence-electron chi connectivity index (χ1n) is 5.52. The second-order valence-electron chi connectivity index (χ2n) is 3.28.